The lowest BCUT2D eigenvalue weighted by Crippen LogP contribution is -2.50. The molecular formula is C21H34N2O3. The molecule has 1 unspecified atom stereocenters. The highest BCUT2D eigenvalue weighted by Crippen LogP contribution is 2.28. The molecule has 5 heteroatoms. The fourth-order valence-corrected chi connectivity index (χ4v) is 3.54. The Hall–Kier alpha value is -1.75. The van der Waals surface area contributed by atoms with Crippen LogP contribution < -0.4 is 14.8 Å². The Morgan fingerprint density at radius 2 is 1.92 bits per heavy atom. The third-order valence-electron chi connectivity index (χ3n) is 4.75. The predicted molar refractivity (Wildman–Crippen MR) is 105 cm³/mol. The number of carbonyl (C=O) groups is 1. The fraction of sp³-hybridized carbons (Fsp3) is 0.667. The Kier molecular flexibility index (Phi) is 8.75. The van der Waals surface area contributed by atoms with E-state index in [0.717, 1.165) is 55.8 Å². The first-order valence-electron chi connectivity index (χ1n) is 10.1. The molecule has 1 aromatic rings. The number of piperidine rings is 1. The lowest BCUT2D eigenvalue weighted by Gasteiger charge is -2.34. The highest BCUT2D eigenvalue weighted by molar-refractivity contribution is 5.81. The molecule has 1 aromatic carbocycles. The second-order valence-corrected chi connectivity index (χ2v) is 6.74. The van der Waals surface area contributed by atoms with E-state index < -0.39 is 0 Å². The number of rotatable bonds is 10. The van der Waals surface area contributed by atoms with E-state index in [0.29, 0.717) is 19.8 Å². The first-order chi connectivity index (χ1) is 12.7. The minimum atomic E-state index is 0.0445. The monoisotopic (exact) mass is 362 g/mol. The summed E-state index contributed by atoms with van der Waals surface area (Å²) in [4.78, 5) is 14.9. The van der Waals surface area contributed by atoms with E-state index in [1.165, 1.54) is 6.42 Å². The van der Waals surface area contributed by atoms with Crippen molar-refractivity contribution in [1.82, 2.24) is 10.2 Å². The molecule has 1 atom stereocenters. The first-order valence-corrected chi connectivity index (χ1v) is 10.1. The summed E-state index contributed by atoms with van der Waals surface area (Å²) in [6.07, 6.45) is 5.21. The zero-order valence-corrected chi connectivity index (χ0v) is 16.6. The SMILES string of the molecule is CCCN1CCCCC1C(=O)NCCc1ccc(OCC)c(OCC)c1. The van der Waals surface area contributed by atoms with Crippen LogP contribution in [0.15, 0.2) is 18.2 Å². The number of hydrogen-bond acceptors (Lipinski definition) is 4. The molecule has 1 saturated heterocycles. The van der Waals surface area contributed by atoms with Gasteiger partial charge in [0.2, 0.25) is 5.91 Å². The normalized spacial score (nSPS) is 17.7. The second-order valence-electron chi connectivity index (χ2n) is 6.74. The number of benzene rings is 1. The van der Waals surface area contributed by atoms with Gasteiger partial charge in [-0.2, -0.15) is 0 Å². The van der Waals surface area contributed by atoms with Gasteiger partial charge in [-0.25, -0.2) is 0 Å². The van der Waals surface area contributed by atoms with Crippen molar-refractivity contribution in [3.05, 3.63) is 23.8 Å². The van der Waals surface area contributed by atoms with Crippen molar-refractivity contribution in [2.75, 3.05) is 32.8 Å². The van der Waals surface area contributed by atoms with Gasteiger partial charge in [-0.15, -0.1) is 0 Å². The molecule has 1 fully saturated rings. The van der Waals surface area contributed by atoms with Gasteiger partial charge in [-0.3, -0.25) is 9.69 Å². The quantitative estimate of drug-likeness (QED) is 0.693. The molecule has 5 nitrogen and oxygen atoms in total. The highest BCUT2D eigenvalue weighted by Gasteiger charge is 2.27. The molecule has 0 bridgehead atoms. The predicted octanol–water partition coefficient (Wildman–Crippen LogP) is 3.41. The van der Waals surface area contributed by atoms with Gasteiger partial charge in [0.1, 0.15) is 0 Å². The molecule has 0 aliphatic carbocycles. The molecule has 1 aliphatic heterocycles. The van der Waals surface area contributed by atoms with E-state index in [9.17, 15) is 4.79 Å². The van der Waals surface area contributed by atoms with Crippen LogP contribution in [0.1, 0.15) is 52.0 Å². The van der Waals surface area contributed by atoms with Gasteiger partial charge in [0.05, 0.1) is 19.3 Å². The number of nitrogens with one attached hydrogen (secondary N) is 1. The third-order valence-corrected chi connectivity index (χ3v) is 4.75. The highest BCUT2D eigenvalue weighted by atomic mass is 16.5. The number of nitrogens with zero attached hydrogens (tertiary/aromatic N) is 1. The third kappa shape index (κ3) is 5.90. The fourth-order valence-electron chi connectivity index (χ4n) is 3.54. The molecule has 0 spiro atoms. The molecule has 1 N–H and O–H groups in total. The molecule has 2 rings (SSSR count). The molecule has 1 amide bonds. The lowest BCUT2D eigenvalue weighted by atomic mass is 10.0. The lowest BCUT2D eigenvalue weighted by molar-refractivity contribution is -0.127. The van der Waals surface area contributed by atoms with Crippen molar-refractivity contribution in [1.29, 1.82) is 0 Å². The maximum Gasteiger partial charge on any atom is 0.237 e. The van der Waals surface area contributed by atoms with Gasteiger partial charge in [0, 0.05) is 6.54 Å². The maximum absolute atomic E-state index is 12.6. The van der Waals surface area contributed by atoms with Gasteiger partial charge in [-0.05, 0) is 70.3 Å². The van der Waals surface area contributed by atoms with Crippen LogP contribution in [0.2, 0.25) is 0 Å². The molecule has 1 heterocycles. The number of likely N-dealkylation sites (tertiary alicyclic amines) is 1. The summed E-state index contributed by atoms with van der Waals surface area (Å²) in [5.74, 6) is 1.73. The van der Waals surface area contributed by atoms with E-state index in [4.69, 9.17) is 9.47 Å². The zero-order valence-electron chi connectivity index (χ0n) is 16.6. The van der Waals surface area contributed by atoms with Crippen LogP contribution in [0.4, 0.5) is 0 Å². The number of ether oxygens (including phenoxy) is 2. The van der Waals surface area contributed by atoms with Crippen LogP contribution in [-0.2, 0) is 11.2 Å². The average Bonchev–Trinajstić information content (AvgIpc) is 2.65. The van der Waals surface area contributed by atoms with Crippen molar-refractivity contribution in [2.45, 2.75) is 58.9 Å². The standard InChI is InChI=1S/C21H34N2O3/c1-4-14-23-15-8-7-9-18(23)21(24)22-13-12-17-10-11-19(25-5-2)20(16-17)26-6-3/h10-11,16,18H,4-9,12-15H2,1-3H3,(H,22,24). The molecule has 0 radical (unpaired) electrons. The molecule has 0 aromatic heterocycles. The summed E-state index contributed by atoms with van der Waals surface area (Å²) < 4.78 is 11.3. The van der Waals surface area contributed by atoms with Crippen molar-refractivity contribution in [2.24, 2.45) is 0 Å². The van der Waals surface area contributed by atoms with E-state index >= 15 is 0 Å². The van der Waals surface area contributed by atoms with E-state index in [-0.39, 0.29) is 11.9 Å². The molecule has 0 saturated carbocycles. The summed E-state index contributed by atoms with van der Waals surface area (Å²) in [7, 11) is 0. The van der Waals surface area contributed by atoms with Crippen molar-refractivity contribution < 1.29 is 14.3 Å². The Bertz CT molecular complexity index is 560. The van der Waals surface area contributed by atoms with Crippen LogP contribution in [0.5, 0.6) is 11.5 Å². The Balaban J connectivity index is 1.88. The second kappa shape index (κ2) is 11.1. The van der Waals surface area contributed by atoms with Gasteiger partial charge >= 0.3 is 0 Å². The van der Waals surface area contributed by atoms with Gasteiger partial charge in [0.25, 0.3) is 0 Å². The molecule has 1 aliphatic rings. The molecular weight excluding hydrogens is 328 g/mol. The number of amides is 1. The summed E-state index contributed by atoms with van der Waals surface area (Å²) in [6.45, 7) is 10.0. The van der Waals surface area contributed by atoms with E-state index in [2.05, 4.69) is 17.1 Å². The summed E-state index contributed by atoms with van der Waals surface area (Å²) in [6, 6.07) is 6.06. The maximum atomic E-state index is 12.6. The Morgan fingerprint density at radius 1 is 1.15 bits per heavy atom. The summed E-state index contributed by atoms with van der Waals surface area (Å²) in [5.41, 5.74) is 1.14. The number of carbonyl (C=O) groups excluding carboxylic acids is 1. The van der Waals surface area contributed by atoms with Crippen LogP contribution >= 0.6 is 0 Å². The summed E-state index contributed by atoms with van der Waals surface area (Å²) >= 11 is 0. The van der Waals surface area contributed by atoms with Gasteiger partial charge in [-0.1, -0.05) is 19.4 Å². The first kappa shape index (κ1) is 20.6. The van der Waals surface area contributed by atoms with E-state index in [1.54, 1.807) is 0 Å². The average molecular weight is 363 g/mol. The Labute approximate surface area is 158 Å². The molecule has 26 heavy (non-hydrogen) atoms. The Morgan fingerprint density at radius 3 is 2.65 bits per heavy atom. The largest absolute Gasteiger partial charge is 0.490 e. The summed E-state index contributed by atoms with van der Waals surface area (Å²) in [5, 5.41) is 3.13. The van der Waals surface area contributed by atoms with Gasteiger partial charge < -0.3 is 14.8 Å². The van der Waals surface area contributed by atoms with Crippen LogP contribution in [0.25, 0.3) is 0 Å². The van der Waals surface area contributed by atoms with Gasteiger partial charge in [0.15, 0.2) is 11.5 Å². The van der Waals surface area contributed by atoms with Crippen molar-refractivity contribution in [3.8, 4) is 11.5 Å². The minimum absolute atomic E-state index is 0.0445. The molecule has 146 valence electrons. The number of hydrogen-bond donors (Lipinski definition) is 1. The van der Waals surface area contributed by atoms with Crippen LogP contribution in [0.3, 0.4) is 0 Å². The zero-order chi connectivity index (χ0) is 18.8. The van der Waals surface area contributed by atoms with E-state index in [1.807, 2.05) is 32.0 Å². The van der Waals surface area contributed by atoms with Crippen molar-refractivity contribution >= 4 is 5.91 Å². The van der Waals surface area contributed by atoms with Crippen molar-refractivity contribution in [3.63, 3.8) is 0 Å². The topological polar surface area (TPSA) is 50.8 Å². The van der Waals surface area contributed by atoms with Crippen LogP contribution in [0, 0.1) is 0 Å². The minimum Gasteiger partial charge on any atom is -0.490 e. The smallest absolute Gasteiger partial charge is 0.237 e. The van der Waals surface area contributed by atoms with Crippen LogP contribution in [-0.4, -0.2) is 49.7 Å².